The van der Waals surface area contributed by atoms with E-state index in [0.717, 1.165) is 29.3 Å². The van der Waals surface area contributed by atoms with Crippen molar-refractivity contribution in [2.24, 2.45) is 11.8 Å². The summed E-state index contributed by atoms with van der Waals surface area (Å²) in [4.78, 5) is 8.32. The van der Waals surface area contributed by atoms with E-state index in [0.29, 0.717) is 16.8 Å². The van der Waals surface area contributed by atoms with E-state index in [1.165, 1.54) is 28.6 Å². The Morgan fingerprint density at radius 3 is 2.73 bits per heavy atom. The van der Waals surface area contributed by atoms with Gasteiger partial charge in [-0.1, -0.05) is 37.3 Å². The first kappa shape index (κ1) is 17.3. The zero-order chi connectivity index (χ0) is 18.3. The molecule has 0 aliphatic carbocycles. The number of hydrogen-bond acceptors (Lipinski definition) is 6. The zero-order valence-corrected chi connectivity index (χ0v) is 16.1. The first-order chi connectivity index (χ1) is 12.6. The van der Waals surface area contributed by atoms with E-state index < -0.39 is 0 Å². The lowest BCUT2D eigenvalue weighted by Gasteiger charge is -2.40. The van der Waals surface area contributed by atoms with E-state index in [1.807, 2.05) is 12.1 Å². The van der Waals surface area contributed by atoms with E-state index >= 15 is 0 Å². The minimum absolute atomic E-state index is 0.0381. The van der Waals surface area contributed by atoms with Crippen molar-refractivity contribution in [1.82, 2.24) is 19.5 Å². The van der Waals surface area contributed by atoms with Crippen LogP contribution >= 0.6 is 11.3 Å². The van der Waals surface area contributed by atoms with Crippen LogP contribution in [0.25, 0.3) is 4.96 Å². The van der Waals surface area contributed by atoms with Crippen LogP contribution in [0, 0.1) is 11.8 Å². The number of fused-ring (bicyclic) bond motifs is 1. The molecule has 0 radical (unpaired) electrons. The summed E-state index contributed by atoms with van der Waals surface area (Å²) in [7, 11) is 1.68. The molecule has 1 N–H and O–H groups in total. The molecule has 2 aromatic heterocycles. The molecular formula is C19H24N4O2S. The highest BCUT2D eigenvalue weighted by Crippen LogP contribution is 2.42. The number of nitrogens with zero attached hydrogens (tertiary/aromatic N) is 4. The Morgan fingerprint density at radius 1 is 1.27 bits per heavy atom. The van der Waals surface area contributed by atoms with E-state index in [2.05, 4.69) is 41.0 Å². The van der Waals surface area contributed by atoms with Gasteiger partial charge in [-0.2, -0.15) is 9.61 Å². The highest BCUT2D eigenvalue weighted by Gasteiger charge is 2.33. The standard InChI is InChI=1S/C19H24N4O2S/c1-12-7-13(2)10-22(9-12)16(14-5-4-6-15(8-14)25-3)17-18(24)23-19(26-17)20-11-21-23/h4-6,8,11-13,16,24H,7,9-10H2,1-3H3/t12-,13-,16-/m1/s1. The van der Waals surface area contributed by atoms with Crippen LogP contribution in [0.15, 0.2) is 30.6 Å². The van der Waals surface area contributed by atoms with E-state index in [1.54, 1.807) is 7.11 Å². The Labute approximate surface area is 157 Å². The van der Waals surface area contributed by atoms with Gasteiger partial charge in [-0.15, -0.1) is 0 Å². The molecule has 0 unspecified atom stereocenters. The fourth-order valence-electron chi connectivity index (χ4n) is 4.13. The number of piperidine rings is 1. The summed E-state index contributed by atoms with van der Waals surface area (Å²) >= 11 is 1.50. The summed E-state index contributed by atoms with van der Waals surface area (Å²) in [5, 5.41) is 15.0. The molecule has 3 aromatic rings. The van der Waals surface area contributed by atoms with Crippen LogP contribution in [-0.4, -0.2) is 44.8 Å². The molecule has 26 heavy (non-hydrogen) atoms. The Bertz CT molecular complexity index is 896. The highest BCUT2D eigenvalue weighted by atomic mass is 32.1. The van der Waals surface area contributed by atoms with Crippen LogP contribution in [0.1, 0.15) is 36.8 Å². The third-order valence-corrected chi connectivity index (χ3v) is 6.15. The van der Waals surface area contributed by atoms with Gasteiger partial charge < -0.3 is 9.84 Å². The van der Waals surface area contributed by atoms with Gasteiger partial charge >= 0.3 is 0 Å². The second-order valence-electron chi connectivity index (χ2n) is 7.32. The maximum Gasteiger partial charge on any atom is 0.230 e. The molecule has 7 heteroatoms. The number of likely N-dealkylation sites (tertiary alicyclic amines) is 1. The molecule has 3 atom stereocenters. The van der Waals surface area contributed by atoms with Crippen molar-refractivity contribution in [3.63, 3.8) is 0 Å². The lowest BCUT2D eigenvalue weighted by Crippen LogP contribution is -2.41. The predicted octanol–water partition coefficient (Wildman–Crippen LogP) is 3.57. The maximum atomic E-state index is 10.8. The Hall–Kier alpha value is -2.12. The number of hydrogen-bond donors (Lipinski definition) is 1. The van der Waals surface area contributed by atoms with Crippen molar-refractivity contribution < 1.29 is 9.84 Å². The summed E-state index contributed by atoms with van der Waals surface area (Å²) in [6, 6.07) is 8.08. The lowest BCUT2D eigenvalue weighted by atomic mass is 9.89. The van der Waals surface area contributed by atoms with Gasteiger partial charge in [0.2, 0.25) is 10.8 Å². The van der Waals surface area contributed by atoms with Gasteiger partial charge in [-0.05, 0) is 36.0 Å². The summed E-state index contributed by atoms with van der Waals surface area (Å²) in [6.45, 7) is 6.60. The van der Waals surface area contributed by atoms with Crippen molar-refractivity contribution in [2.45, 2.75) is 26.3 Å². The third kappa shape index (κ3) is 3.05. The number of aromatic hydroxyl groups is 1. The molecule has 3 heterocycles. The minimum atomic E-state index is -0.0381. The number of methoxy groups -OCH3 is 1. The second-order valence-corrected chi connectivity index (χ2v) is 8.33. The number of thiazole rings is 1. The highest BCUT2D eigenvalue weighted by molar-refractivity contribution is 7.17. The summed E-state index contributed by atoms with van der Waals surface area (Å²) in [5.74, 6) is 2.25. The molecule has 4 rings (SSSR count). The fraction of sp³-hybridized carbons (Fsp3) is 0.474. The molecular weight excluding hydrogens is 348 g/mol. The molecule has 1 fully saturated rings. The first-order valence-corrected chi connectivity index (χ1v) is 9.78. The largest absolute Gasteiger partial charge is 0.497 e. The second kappa shape index (κ2) is 6.89. The fourth-order valence-corrected chi connectivity index (χ4v) is 5.23. The maximum absolute atomic E-state index is 10.8. The normalized spacial score (nSPS) is 22.6. The molecule has 0 saturated carbocycles. The smallest absolute Gasteiger partial charge is 0.230 e. The predicted molar refractivity (Wildman–Crippen MR) is 102 cm³/mol. The number of ether oxygens (including phenoxy) is 1. The van der Waals surface area contributed by atoms with Gasteiger partial charge in [0, 0.05) is 13.1 Å². The van der Waals surface area contributed by atoms with Crippen LogP contribution in [0.5, 0.6) is 11.6 Å². The van der Waals surface area contributed by atoms with Crippen molar-refractivity contribution >= 4 is 16.3 Å². The molecule has 1 aromatic carbocycles. The molecule has 6 nitrogen and oxygen atoms in total. The van der Waals surface area contributed by atoms with E-state index in [4.69, 9.17) is 4.74 Å². The van der Waals surface area contributed by atoms with Crippen LogP contribution < -0.4 is 4.74 Å². The molecule has 0 amide bonds. The zero-order valence-electron chi connectivity index (χ0n) is 15.3. The lowest BCUT2D eigenvalue weighted by molar-refractivity contribution is 0.111. The van der Waals surface area contributed by atoms with Crippen LogP contribution in [0.4, 0.5) is 0 Å². The van der Waals surface area contributed by atoms with E-state index in [9.17, 15) is 5.11 Å². The van der Waals surface area contributed by atoms with Crippen LogP contribution in [-0.2, 0) is 0 Å². The molecule has 1 aliphatic rings. The molecule has 138 valence electrons. The summed E-state index contributed by atoms with van der Waals surface area (Å²) < 4.78 is 6.95. The summed E-state index contributed by atoms with van der Waals surface area (Å²) in [6.07, 6.45) is 2.71. The van der Waals surface area contributed by atoms with Gasteiger partial charge in [-0.3, -0.25) is 4.90 Å². The first-order valence-electron chi connectivity index (χ1n) is 8.96. The van der Waals surface area contributed by atoms with Gasteiger partial charge in [0.1, 0.15) is 12.1 Å². The quantitative estimate of drug-likeness (QED) is 0.758. The van der Waals surface area contributed by atoms with Crippen molar-refractivity contribution in [3.8, 4) is 11.6 Å². The SMILES string of the molecule is COc1cccc([C@H](c2sc3ncnn3c2O)N2C[C@H](C)C[C@@H](C)C2)c1. The molecule has 1 aliphatic heterocycles. The van der Waals surface area contributed by atoms with E-state index in [-0.39, 0.29) is 11.9 Å². The average Bonchev–Trinajstić information content (AvgIpc) is 3.19. The third-order valence-electron chi connectivity index (χ3n) is 5.06. The van der Waals surface area contributed by atoms with Crippen LogP contribution in [0.3, 0.4) is 0 Å². The minimum Gasteiger partial charge on any atom is -0.497 e. The topological polar surface area (TPSA) is 62.9 Å². The molecule has 1 saturated heterocycles. The van der Waals surface area contributed by atoms with Crippen molar-refractivity contribution in [1.29, 1.82) is 0 Å². The van der Waals surface area contributed by atoms with Gasteiger partial charge in [0.25, 0.3) is 0 Å². The number of benzene rings is 1. The van der Waals surface area contributed by atoms with Crippen LogP contribution in [0.2, 0.25) is 0 Å². The van der Waals surface area contributed by atoms with Gasteiger partial charge in [-0.25, -0.2) is 4.98 Å². The molecule has 0 spiro atoms. The Morgan fingerprint density at radius 2 is 2.04 bits per heavy atom. The monoisotopic (exact) mass is 372 g/mol. The Balaban J connectivity index is 1.83. The van der Waals surface area contributed by atoms with Gasteiger partial charge in [0.15, 0.2) is 0 Å². The van der Waals surface area contributed by atoms with Crippen molar-refractivity contribution in [2.75, 3.05) is 20.2 Å². The van der Waals surface area contributed by atoms with Crippen molar-refractivity contribution in [3.05, 3.63) is 41.0 Å². The number of rotatable bonds is 4. The molecule has 0 bridgehead atoms. The Kier molecular flexibility index (Phi) is 4.58. The van der Waals surface area contributed by atoms with Gasteiger partial charge in [0.05, 0.1) is 18.0 Å². The number of aromatic nitrogens is 3. The average molecular weight is 372 g/mol. The summed E-state index contributed by atoms with van der Waals surface area (Å²) in [5.41, 5.74) is 1.12.